The minimum absolute atomic E-state index is 0.242. The van der Waals surface area contributed by atoms with Gasteiger partial charge in [0, 0.05) is 10.6 Å². The second-order valence-electron chi connectivity index (χ2n) is 6.14. The monoisotopic (exact) mass is 367 g/mol. The van der Waals surface area contributed by atoms with E-state index in [1.165, 1.54) is 30.6 Å². The molecule has 5 nitrogen and oxygen atoms in total. The first-order chi connectivity index (χ1) is 11.7. The van der Waals surface area contributed by atoms with Gasteiger partial charge in [-0.25, -0.2) is 4.68 Å². The Bertz CT molecular complexity index is 720. The molecule has 1 aliphatic carbocycles. The molecule has 0 bridgehead atoms. The van der Waals surface area contributed by atoms with Crippen LogP contribution in [-0.2, 0) is 6.54 Å². The minimum atomic E-state index is -0.838. The molecule has 1 atom stereocenters. The van der Waals surface area contributed by atoms with Crippen molar-refractivity contribution in [1.29, 1.82) is 0 Å². The van der Waals surface area contributed by atoms with Gasteiger partial charge in [-0.15, -0.1) is 0 Å². The number of aliphatic hydroxyl groups is 2. The summed E-state index contributed by atoms with van der Waals surface area (Å²) in [5.41, 5.74) is 0.974. The molecule has 1 fully saturated rings. The van der Waals surface area contributed by atoms with Gasteiger partial charge in [0.15, 0.2) is 0 Å². The molecule has 0 aliphatic heterocycles. The lowest BCUT2D eigenvalue weighted by Gasteiger charge is -2.17. The highest BCUT2D eigenvalue weighted by atomic mass is 35.5. The van der Waals surface area contributed by atoms with Crippen molar-refractivity contribution >= 4 is 22.9 Å². The van der Waals surface area contributed by atoms with E-state index in [4.69, 9.17) is 21.7 Å². The van der Waals surface area contributed by atoms with Gasteiger partial charge in [0.2, 0.25) is 4.80 Å². The maximum absolute atomic E-state index is 9.79. The first-order valence-electron chi connectivity index (χ1n) is 8.32. The Hall–Kier alpha value is -1.21. The molecule has 0 radical (unpaired) electrons. The zero-order valence-corrected chi connectivity index (χ0v) is 15.0. The number of hydrogen-bond acceptors (Lipinski definition) is 5. The Labute approximate surface area is 150 Å². The van der Waals surface area contributed by atoms with Crippen LogP contribution in [0.15, 0.2) is 29.3 Å². The largest absolute Gasteiger partial charge is 0.394 e. The van der Waals surface area contributed by atoms with E-state index in [1.54, 1.807) is 4.68 Å². The molecule has 1 heterocycles. The van der Waals surface area contributed by atoms with Crippen molar-refractivity contribution in [2.75, 3.05) is 6.61 Å². The molecule has 0 saturated heterocycles. The molecule has 7 heteroatoms. The van der Waals surface area contributed by atoms with Crippen LogP contribution in [-0.4, -0.2) is 38.7 Å². The van der Waals surface area contributed by atoms with Crippen LogP contribution in [0.3, 0.4) is 0 Å². The molecule has 3 rings (SSSR count). The number of benzene rings is 1. The van der Waals surface area contributed by atoms with Gasteiger partial charge in [0.25, 0.3) is 0 Å². The van der Waals surface area contributed by atoms with Crippen molar-refractivity contribution < 1.29 is 10.2 Å². The van der Waals surface area contributed by atoms with Crippen LogP contribution < -0.4 is 4.80 Å². The van der Waals surface area contributed by atoms with Gasteiger partial charge < -0.3 is 10.2 Å². The van der Waals surface area contributed by atoms with Crippen molar-refractivity contribution in [3.63, 3.8) is 0 Å². The van der Waals surface area contributed by atoms with E-state index in [0.29, 0.717) is 11.1 Å². The molecule has 24 heavy (non-hydrogen) atoms. The second-order valence-corrected chi connectivity index (χ2v) is 7.53. The standard InChI is InChI=1S/C17H22ClN3O2S/c18-13-8-6-12(7-9-13)16-20-21(10-15(23)11-22)17(24-16)19-14-4-2-1-3-5-14/h6-9,14-15,22-23H,1-5,10-11H2/b19-17-. The van der Waals surface area contributed by atoms with Crippen LogP contribution in [0, 0.1) is 0 Å². The molecule has 130 valence electrons. The summed E-state index contributed by atoms with van der Waals surface area (Å²) in [6, 6.07) is 7.86. The van der Waals surface area contributed by atoms with E-state index in [0.717, 1.165) is 28.2 Å². The summed E-state index contributed by atoms with van der Waals surface area (Å²) in [6.07, 6.45) is 5.10. The van der Waals surface area contributed by atoms with Crippen LogP contribution in [0.25, 0.3) is 10.6 Å². The van der Waals surface area contributed by atoms with Crippen molar-refractivity contribution in [2.45, 2.75) is 50.8 Å². The van der Waals surface area contributed by atoms with Crippen molar-refractivity contribution in [3.05, 3.63) is 34.1 Å². The Morgan fingerprint density at radius 1 is 1.25 bits per heavy atom. The Balaban J connectivity index is 1.95. The molecular weight excluding hydrogens is 346 g/mol. The molecule has 2 N–H and O–H groups in total. The molecule has 2 aromatic rings. The zero-order chi connectivity index (χ0) is 16.9. The molecule has 1 unspecified atom stereocenters. The van der Waals surface area contributed by atoms with Gasteiger partial charge in [-0.2, -0.15) is 5.10 Å². The minimum Gasteiger partial charge on any atom is -0.394 e. The molecule has 0 spiro atoms. The summed E-state index contributed by atoms with van der Waals surface area (Å²) < 4.78 is 1.71. The number of nitrogens with zero attached hydrogens (tertiary/aromatic N) is 3. The van der Waals surface area contributed by atoms with Crippen LogP contribution in [0.2, 0.25) is 5.02 Å². The quantitative estimate of drug-likeness (QED) is 0.853. The van der Waals surface area contributed by atoms with Gasteiger partial charge >= 0.3 is 0 Å². The zero-order valence-electron chi connectivity index (χ0n) is 13.4. The summed E-state index contributed by atoms with van der Waals surface area (Å²) in [7, 11) is 0. The Kier molecular flexibility index (Phi) is 6.05. The van der Waals surface area contributed by atoms with Gasteiger partial charge in [-0.1, -0.05) is 54.3 Å². The number of halogens is 1. The highest BCUT2D eigenvalue weighted by molar-refractivity contribution is 7.12. The average molecular weight is 368 g/mol. The number of aromatic nitrogens is 2. The molecule has 1 aromatic heterocycles. The summed E-state index contributed by atoms with van der Waals surface area (Å²) in [5.74, 6) is 0. The smallest absolute Gasteiger partial charge is 0.203 e. The maximum Gasteiger partial charge on any atom is 0.203 e. The SMILES string of the molecule is OCC(O)Cn1nc(-c2ccc(Cl)cc2)s/c1=N\C1CCCCC1. The lowest BCUT2D eigenvalue weighted by Crippen LogP contribution is -2.28. The molecule has 1 aromatic carbocycles. The fourth-order valence-electron chi connectivity index (χ4n) is 2.86. The van der Waals surface area contributed by atoms with Gasteiger partial charge in [0.1, 0.15) is 5.01 Å². The second kappa shape index (κ2) is 8.25. The highest BCUT2D eigenvalue weighted by Crippen LogP contribution is 2.23. The highest BCUT2D eigenvalue weighted by Gasteiger charge is 2.15. The van der Waals surface area contributed by atoms with E-state index in [9.17, 15) is 5.11 Å². The van der Waals surface area contributed by atoms with Crippen molar-refractivity contribution in [3.8, 4) is 10.6 Å². The Morgan fingerprint density at radius 2 is 1.96 bits per heavy atom. The van der Waals surface area contributed by atoms with E-state index in [1.807, 2.05) is 24.3 Å². The lowest BCUT2D eigenvalue weighted by molar-refractivity contribution is 0.0773. The van der Waals surface area contributed by atoms with E-state index < -0.39 is 6.10 Å². The van der Waals surface area contributed by atoms with Crippen LogP contribution >= 0.6 is 22.9 Å². The van der Waals surface area contributed by atoms with Crippen molar-refractivity contribution in [2.24, 2.45) is 4.99 Å². The van der Waals surface area contributed by atoms with Gasteiger partial charge in [0.05, 0.1) is 25.3 Å². The molecule has 0 amide bonds. The topological polar surface area (TPSA) is 70.6 Å². The van der Waals surface area contributed by atoms with E-state index in [2.05, 4.69) is 5.10 Å². The first kappa shape index (κ1) is 17.6. The van der Waals surface area contributed by atoms with Crippen LogP contribution in [0.4, 0.5) is 0 Å². The third kappa shape index (κ3) is 4.45. The van der Waals surface area contributed by atoms with E-state index in [-0.39, 0.29) is 13.2 Å². The molecule has 1 saturated carbocycles. The summed E-state index contributed by atoms with van der Waals surface area (Å²) in [4.78, 5) is 5.67. The summed E-state index contributed by atoms with van der Waals surface area (Å²) in [6.45, 7) is -0.0458. The van der Waals surface area contributed by atoms with Gasteiger partial charge in [-0.3, -0.25) is 4.99 Å². The third-order valence-corrected chi connectivity index (χ3v) is 5.44. The van der Waals surface area contributed by atoms with Crippen LogP contribution in [0.5, 0.6) is 0 Å². The summed E-state index contributed by atoms with van der Waals surface area (Å²) in [5, 5.41) is 25.0. The fourth-order valence-corrected chi connectivity index (χ4v) is 3.97. The maximum atomic E-state index is 9.79. The lowest BCUT2D eigenvalue weighted by atomic mass is 9.96. The predicted octanol–water partition coefficient (Wildman–Crippen LogP) is 2.85. The predicted molar refractivity (Wildman–Crippen MR) is 96.1 cm³/mol. The van der Waals surface area contributed by atoms with Crippen molar-refractivity contribution in [1.82, 2.24) is 9.78 Å². The fraction of sp³-hybridized carbons (Fsp3) is 0.529. The Morgan fingerprint density at radius 3 is 2.62 bits per heavy atom. The molecule has 1 aliphatic rings. The summed E-state index contributed by atoms with van der Waals surface area (Å²) >= 11 is 7.46. The van der Waals surface area contributed by atoms with Gasteiger partial charge in [-0.05, 0) is 25.0 Å². The number of hydrogen-bond donors (Lipinski definition) is 2. The third-order valence-electron chi connectivity index (χ3n) is 4.17. The molecular formula is C17H22ClN3O2S. The average Bonchev–Trinajstić information content (AvgIpc) is 2.98. The number of rotatable bonds is 5. The van der Waals surface area contributed by atoms with Crippen LogP contribution in [0.1, 0.15) is 32.1 Å². The number of aliphatic hydroxyl groups excluding tert-OH is 2. The first-order valence-corrected chi connectivity index (χ1v) is 9.52. The van der Waals surface area contributed by atoms with E-state index >= 15 is 0 Å². The normalized spacial score (nSPS) is 18.0.